The van der Waals surface area contributed by atoms with Gasteiger partial charge in [-0.05, 0) is 24.2 Å². The Morgan fingerprint density at radius 2 is 2.19 bits per heavy atom. The lowest BCUT2D eigenvalue weighted by Crippen LogP contribution is -2.38. The molecular weight excluding hydrogens is 284 g/mol. The number of rotatable bonds is 6. The summed E-state index contributed by atoms with van der Waals surface area (Å²) >= 11 is 0. The number of H-pyrrole nitrogens is 1. The molecule has 1 aromatic heterocycles. The van der Waals surface area contributed by atoms with E-state index in [0.717, 1.165) is 16.9 Å². The Morgan fingerprint density at radius 1 is 1.43 bits per heavy atom. The van der Waals surface area contributed by atoms with Crippen LogP contribution in [0.2, 0.25) is 25.7 Å². The highest BCUT2D eigenvalue weighted by Gasteiger charge is 2.15. The van der Waals surface area contributed by atoms with Crippen molar-refractivity contribution in [2.75, 3.05) is 18.2 Å². The summed E-state index contributed by atoms with van der Waals surface area (Å²) in [5, 5.41) is 7.77. The lowest BCUT2D eigenvalue weighted by atomic mass is 10.2. The molecule has 0 unspecified atom stereocenters. The summed E-state index contributed by atoms with van der Waals surface area (Å²) in [6, 6.07) is 6.10. The molecular formula is C14H22N4O2Si. The third kappa shape index (κ3) is 4.30. The van der Waals surface area contributed by atoms with Crippen LogP contribution in [0.3, 0.4) is 0 Å². The predicted octanol–water partition coefficient (Wildman–Crippen LogP) is 2.76. The fraction of sp³-hybridized carbons (Fsp3) is 0.429. The molecule has 6 nitrogen and oxygen atoms in total. The minimum absolute atomic E-state index is 0.170. The van der Waals surface area contributed by atoms with Crippen molar-refractivity contribution in [1.29, 1.82) is 0 Å². The van der Waals surface area contributed by atoms with Crippen LogP contribution in [0.5, 0.6) is 0 Å². The molecule has 0 aliphatic carbocycles. The van der Waals surface area contributed by atoms with Gasteiger partial charge >= 0.3 is 6.03 Å². The summed E-state index contributed by atoms with van der Waals surface area (Å²) in [5.74, 6) is 0. The van der Waals surface area contributed by atoms with E-state index >= 15 is 0 Å². The third-order valence-electron chi connectivity index (χ3n) is 3.22. The van der Waals surface area contributed by atoms with Gasteiger partial charge in [-0.1, -0.05) is 19.6 Å². The van der Waals surface area contributed by atoms with E-state index in [1.165, 1.54) is 4.90 Å². The zero-order valence-electron chi connectivity index (χ0n) is 12.7. The minimum Gasteiger partial charge on any atom is -0.361 e. The minimum atomic E-state index is -1.13. The second-order valence-corrected chi connectivity index (χ2v) is 11.9. The number of nitrogens with zero attached hydrogens (tertiary/aromatic N) is 2. The molecule has 0 bridgehead atoms. The van der Waals surface area contributed by atoms with Crippen molar-refractivity contribution in [3.8, 4) is 0 Å². The Labute approximate surface area is 125 Å². The van der Waals surface area contributed by atoms with Crippen LogP contribution in [-0.2, 0) is 4.74 Å². The standard InChI is InChI=1S/C14H22N4O2Si/c1-21(2,3)7-6-20-10-18(14(15)19)12-4-5-13-11(8-12)9-16-17-13/h4-5,8-9H,6-7,10H2,1-3H3,(H2,15,19)(H,16,17). The fourth-order valence-electron chi connectivity index (χ4n) is 1.90. The maximum Gasteiger partial charge on any atom is 0.321 e. The summed E-state index contributed by atoms with van der Waals surface area (Å²) in [7, 11) is -1.13. The molecule has 0 fully saturated rings. The van der Waals surface area contributed by atoms with Crippen molar-refractivity contribution in [3.05, 3.63) is 24.4 Å². The number of primary amides is 1. The molecule has 0 saturated heterocycles. The van der Waals surface area contributed by atoms with Crippen LogP contribution < -0.4 is 10.6 Å². The lowest BCUT2D eigenvalue weighted by Gasteiger charge is -2.22. The SMILES string of the molecule is C[Si](C)(C)CCOCN(C(N)=O)c1ccc2[nH]ncc2c1. The zero-order valence-corrected chi connectivity index (χ0v) is 13.7. The first kappa shape index (κ1) is 15.5. The van der Waals surface area contributed by atoms with E-state index in [1.54, 1.807) is 6.20 Å². The van der Waals surface area contributed by atoms with Crippen LogP contribution in [0, 0.1) is 0 Å². The molecule has 0 radical (unpaired) electrons. The highest BCUT2D eigenvalue weighted by atomic mass is 28.3. The van der Waals surface area contributed by atoms with Crippen LogP contribution in [0.1, 0.15) is 0 Å². The molecule has 21 heavy (non-hydrogen) atoms. The number of carbonyl (C=O) groups is 1. The molecule has 7 heteroatoms. The van der Waals surface area contributed by atoms with Gasteiger partial charge in [-0.15, -0.1) is 0 Å². The van der Waals surface area contributed by atoms with Crippen molar-refractivity contribution >= 4 is 30.7 Å². The summed E-state index contributed by atoms with van der Waals surface area (Å²) < 4.78 is 5.62. The average Bonchev–Trinajstić information content (AvgIpc) is 2.84. The number of aromatic amines is 1. The monoisotopic (exact) mass is 306 g/mol. The maximum absolute atomic E-state index is 11.6. The number of hydrogen-bond donors (Lipinski definition) is 2. The number of nitrogens with one attached hydrogen (secondary N) is 1. The Balaban J connectivity index is 2.03. The molecule has 0 spiro atoms. The smallest absolute Gasteiger partial charge is 0.321 e. The number of nitrogens with two attached hydrogens (primary N) is 1. The van der Waals surface area contributed by atoms with Crippen molar-refractivity contribution in [1.82, 2.24) is 10.2 Å². The van der Waals surface area contributed by atoms with Gasteiger partial charge in [0.2, 0.25) is 0 Å². The predicted molar refractivity (Wildman–Crippen MR) is 87.1 cm³/mol. The number of aromatic nitrogens is 2. The molecule has 0 aliphatic rings. The number of amides is 2. The van der Waals surface area contributed by atoms with Gasteiger partial charge in [-0.2, -0.15) is 5.10 Å². The van der Waals surface area contributed by atoms with Crippen molar-refractivity contribution in [2.24, 2.45) is 5.73 Å². The number of hydrogen-bond acceptors (Lipinski definition) is 3. The maximum atomic E-state index is 11.6. The molecule has 0 atom stereocenters. The lowest BCUT2D eigenvalue weighted by molar-refractivity contribution is 0.148. The number of fused-ring (bicyclic) bond motifs is 1. The molecule has 2 aromatic rings. The van der Waals surface area contributed by atoms with Gasteiger partial charge in [-0.25, -0.2) is 4.79 Å². The Morgan fingerprint density at radius 3 is 2.86 bits per heavy atom. The van der Waals surface area contributed by atoms with E-state index < -0.39 is 14.1 Å². The molecule has 114 valence electrons. The quantitative estimate of drug-likeness (QED) is 0.489. The highest BCUT2D eigenvalue weighted by molar-refractivity contribution is 6.76. The Hall–Kier alpha value is -1.86. The van der Waals surface area contributed by atoms with E-state index in [2.05, 4.69) is 29.8 Å². The number of benzene rings is 1. The molecule has 0 aliphatic heterocycles. The van der Waals surface area contributed by atoms with E-state index in [-0.39, 0.29) is 6.73 Å². The van der Waals surface area contributed by atoms with Gasteiger partial charge in [0.25, 0.3) is 0 Å². The van der Waals surface area contributed by atoms with Gasteiger partial charge in [0.1, 0.15) is 6.73 Å². The molecule has 2 rings (SSSR count). The number of urea groups is 1. The van der Waals surface area contributed by atoms with Crippen molar-refractivity contribution in [3.63, 3.8) is 0 Å². The summed E-state index contributed by atoms with van der Waals surface area (Å²) in [4.78, 5) is 13.0. The Bertz CT molecular complexity index is 621. The second-order valence-electron chi connectivity index (χ2n) is 6.26. The zero-order chi connectivity index (χ0) is 15.5. The van der Waals surface area contributed by atoms with Crippen LogP contribution >= 0.6 is 0 Å². The van der Waals surface area contributed by atoms with E-state index in [0.29, 0.717) is 12.3 Å². The molecule has 1 heterocycles. The normalized spacial score (nSPS) is 11.8. The summed E-state index contributed by atoms with van der Waals surface area (Å²) in [5.41, 5.74) is 7.08. The van der Waals surface area contributed by atoms with E-state index in [4.69, 9.17) is 10.5 Å². The number of anilines is 1. The van der Waals surface area contributed by atoms with Crippen LogP contribution in [-0.4, -0.2) is 37.6 Å². The first-order valence-electron chi connectivity index (χ1n) is 6.95. The van der Waals surface area contributed by atoms with E-state index in [1.807, 2.05) is 18.2 Å². The Kier molecular flexibility index (Phi) is 4.64. The summed E-state index contributed by atoms with van der Waals surface area (Å²) in [6.45, 7) is 7.68. The topological polar surface area (TPSA) is 84.2 Å². The second kappa shape index (κ2) is 6.27. The third-order valence-corrected chi connectivity index (χ3v) is 4.92. The van der Waals surface area contributed by atoms with Gasteiger partial charge in [0, 0.05) is 25.8 Å². The van der Waals surface area contributed by atoms with Crippen LogP contribution in [0.25, 0.3) is 10.9 Å². The van der Waals surface area contributed by atoms with Gasteiger partial charge in [0.15, 0.2) is 0 Å². The number of ether oxygens (including phenoxy) is 1. The molecule has 3 N–H and O–H groups in total. The van der Waals surface area contributed by atoms with Crippen LogP contribution in [0.4, 0.5) is 10.5 Å². The van der Waals surface area contributed by atoms with Gasteiger partial charge in [0.05, 0.1) is 11.7 Å². The molecule has 2 amide bonds. The average molecular weight is 306 g/mol. The van der Waals surface area contributed by atoms with Gasteiger partial charge in [-0.3, -0.25) is 10.00 Å². The first-order valence-corrected chi connectivity index (χ1v) is 10.7. The highest BCUT2D eigenvalue weighted by Crippen LogP contribution is 2.20. The van der Waals surface area contributed by atoms with Gasteiger partial charge < -0.3 is 10.5 Å². The van der Waals surface area contributed by atoms with E-state index in [9.17, 15) is 4.79 Å². The van der Waals surface area contributed by atoms with Crippen molar-refractivity contribution < 1.29 is 9.53 Å². The number of carbonyl (C=O) groups excluding carboxylic acids is 1. The largest absolute Gasteiger partial charge is 0.361 e. The van der Waals surface area contributed by atoms with Crippen molar-refractivity contribution in [2.45, 2.75) is 25.7 Å². The molecule has 1 aromatic carbocycles. The first-order chi connectivity index (χ1) is 9.87. The fourth-order valence-corrected chi connectivity index (χ4v) is 2.65. The van der Waals surface area contributed by atoms with Crippen LogP contribution in [0.15, 0.2) is 24.4 Å². The summed E-state index contributed by atoms with van der Waals surface area (Å²) in [6.07, 6.45) is 1.71. The molecule has 0 saturated carbocycles.